The van der Waals surface area contributed by atoms with Crippen LogP contribution in [0.1, 0.15) is 0 Å². The van der Waals surface area contributed by atoms with E-state index in [-0.39, 0.29) is 0 Å². The molecule has 0 N–H and O–H groups in total. The zero-order valence-electron chi connectivity index (χ0n) is 15.6. The molecule has 0 saturated heterocycles. The van der Waals surface area contributed by atoms with Gasteiger partial charge in [-0.1, -0.05) is 0 Å². The minimum atomic E-state index is -3.99. The summed E-state index contributed by atoms with van der Waals surface area (Å²) >= 11 is -3.99. The second kappa shape index (κ2) is 9.20. The van der Waals surface area contributed by atoms with Crippen LogP contribution >= 0.6 is 0 Å². The van der Waals surface area contributed by atoms with Crippen LogP contribution in [0.2, 0.25) is 0 Å². The standard InChI is InChI=1S/4C6H6O.Cr/c4*7-6-4-2-1-3-5-6;/h4*1-5,7H;/q;;;;+4/p-4. The molecule has 0 aliphatic rings. The summed E-state index contributed by atoms with van der Waals surface area (Å²) in [4.78, 5) is 0. The zero-order valence-corrected chi connectivity index (χ0v) is 16.9. The van der Waals surface area contributed by atoms with E-state index in [0.717, 1.165) is 0 Å². The molecule has 4 rings (SSSR count). The zero-order chi connectivity index (χ0) is 19.8. The molecule has 29 heavy (non-hydrogen) atoms. The Balaban J connectivity index is 1.75. The van der Waals surface area contributed by atoms with Gasteiger partial charge in [0.2, 0.25) is 0 Å². The summed E-state index contributed by atoms with van der Waals surface area (Å²) < 4.78 is 25.2. The van der Waals surface area contributed by atoms with Crippen molar-refractivity contribution >= 4 is 0 Å². The molecule has 5 heteroatoms. The van der Waals surface area contributed by atoms with Crippen molar-refractivity contribution in [2.24, 2.45) is 0 Å². The fourth-order valence-corrected chi connectivity index (χ4v) is 4.96. The van der Waals surface area contributed by atoms with Gasteiger partial charge in [0.05, 0.1) is 0 Å². The molecule has 4 aromatic rings. The van der Waals surface area contributed by atoms with E-state index in [1.54, 1.807) is 0 Å². The predicted octanol–water partition coefficient (Wildman–Crippen LogP) is 6.12. The van der Waals surface area contributed by atoms with Crippen LogP contribution in [0.5, 0.6) is 23.0 Å². The van der Waals surface area contributed by atoms with Gasteiger partial charge in [0, 0.05) is 0 Å². The molecule has 0 aromatic heterocycles. The van der Waals surface area contributed by atoms with Crippen LogP contribution in [0, 0.1) is 0 Å². The van der Waals surface area contributed by atoms with Gasteiger partial charge in [-0.15, -0.1) is 0 Å². The molecular formula is C24H20CrO4. The van der Waals surface area contributed by atoms with E-state index in [0.29, 0.717) is 23.0 Å². The molecule has 0 saturated carbocycles. The van der Waals surface area contributed by atoms with Crippen molar-refractivity contribution < 1.29 is 29.6 Å². The third kappa shape index (κ3) is 5.33. The van der Waals surface area contributed by atoms with Gasteiger partial charge in [0.25, 0.3) is 0 Å². The summed E-state index contributed by atoms with van der Waals surface area (Å²) in [5.74, 6) is 2.43. The Kier molecular flexibility index (Phi) is 6.02. The first-order chi connectivity index (χ1) is 14.3. The molecule has 0 spiro atoms. The van der Waals surface area contributed by atoms with Gasteiger partial charge < -0.3 is 0 Å². The van der Waals surface area contributed by atoms with Crippen molar-refractivity contribution in [3.05, 3.63) is 121 Å². The summed E-state index contributed by atoms with van der Waals surface area (Å²) in [6, 6.07) is 37.6. The summed E-state index contributed by atoms with van der Waals surface area (Å²) in [5.41, 5.74) is 0. The molecule has 0 bridgehead atoms. The van der Waals surface area contributed by atoms with Crippen LogP contribution in [-0.2, 0) is 14.4 Å². The van der Waals surface area contributed by atoms with Gasteiger partial charge in [0.15, 0.2) is 0 Å². The van der Waals surface area contributed by atoms with Gasteiger partial charge >= 0.3 is 174 Å². The molecule has 0 atom stereocenters. The van der Waals surface area contributed by atoms with Crippen LogP contribution in [-0.4, -0.2) is 0 Å². The van der Waals surface area contributed by atoms with Crippen molar-refractivity contribution in [1.29, 1.82) is 0 Å². The van der Waals surface area contributed by atoms with E-state index in [1.165, 1.54) is 0 Å². The van der Waals surface area contributed by atoms with Crippen LogP contribution in [0.4, 0.5) is 0 Å². The molecule has 0 fully saturated rings. The second-order valence-corrected chi connectivity index (χ2v) is 8.31. The molecule has 0 radical (unpaired) electrons. The van der Waals surface area contributed by atoms with Crippen molar-refractivity contribution in [2.45, 2.75) is 0 Å². The Bertz CT molecular complexity index is 824. The molecular weight excluding hydrogens is 404 g/mol. The molecule has 0 aliphatic heterocycles. The van der Waals surface area contributed by atoms with Crippen LogP contribution in [0.15, 0.2) is 121 Å². The Morgan fingerprint density at radius 3 is 0.724 bits per heavy atom. The molecule has 4 nitrogen and oxygen atoms in total. The molecule has 0 amide bonds. The quantitative estimate of drug-likeness (QED) is 0.342. The Hall–Kier alpha value is -3.39. The van der Waals surface area contributed by atoms with Gasteiger partial charge in [-0.3, -0.25) is 0 Å². The number of hydrogen-bond donors (Lipinski definition) is 0. The number of hydrogen-bond acceptors (Lipinski definition) is 4. The first-order valence-corrected chi connectivity index (χ1v) is 11.2. The first-order valence-electron chi connectivity index (χ1n) is 9.13. The number of benzene rings is 4. The third-order valence-electron chi connectivity index (χ3n) is 3.77. The van der Waals surface area contributed by atoms with Crippen molar-refractivity contribution in [1.82, 2.24) is 0 Å². The van der Waals surface area contributed by atoms with E-state index in [9.17, 15) is 0 Å². The second-order valence-electron chi connectivity index (χ2n) is 5.99. The third-order valence-corrected chi connectivity index (χ3v) is 6.24. The monoisotopic (exact) mass is 424 g/mol. The van der Waals surface area contributed by atoms with Crippen LogP contribution in [0.25, 0.3) is 0 Å². The fraction of sp³-hybridized carbons (Fsp3) is 0. The summed E-state index contributed by atoms with van der Waals surface area (Å²) in [7, 11) is 0. The van der Waals surface area contributed by atoms with Gasteiger partial charge in [-0.2, -0.15) is 0 Å². The minimum absolute atomic E-state index is 0.607. The van der Waals surface area contributed by atoms with Gasteiger partial charge in [-0.05, 0) is 0 Å². The molecule has 0 heterocycles. The van der Waals surface area contributed by atoms with Gasteiger partial charge in [-0.25, -0.2) is 0 Å². The molecule has 4 aromatic carbocycles. The number of rotatable bonds is 8. The van der Waals surface area contributed by atoms with Crippen molar-refractivity contribution in [2.75, 3.05) is 0 Å². The SMILES string of the molecule is c1ccc([O][Cr]([O]c2ccccc2)([O]c2ccccc2)[O]c2ccccc2)cc1. The Morgan fingerprint density at radius 2 is 0.517 bits per heavy atom. The molecule has 146 valence electrons. The average molecular weight is 424 g/mol. The van der Waals surface area contributed by atoms with E-state index in [1.807, 2.05) is 121 Å². The van der Waals surface area contributed by atoms with Crippen molar-refractivity contribution in [3.8, 4) is 23.0 Å². The maximum atomic E-state index is 6.30. The fourth-order valence-electron chi connectivity index (χ4n) is 2.48. The number of para-hydroxylation sites is 4. The maximum absolute atomic E-state index is 6.30. The van der Waals surface area contributed by atoms with E-state index < -0.39 is 14.4 Å². The summed E-state index contributed by atoms with van der Waals surface area (Å²) in [6.07, 6.45) is 0. The Labute approximate surface area is 173 Å². The van der Waals surface area contributed by atoms with Crippen LogP contribution < -0.4 is 15.2 Å². The van der Waals surface area contributed by atoms with Crippen LogP contribution in [0.3, 0.4) is 0 Å². The predicted molar refractivity (Wildman–Crippen MR) is 108 cm³/mol. The molecule has 0 aliphatic carbocycles. The van der Waals surface area contributed by atoms with E-state index in [4.69, 9.17) is 15.2 Å². The van der Waals surface area contributed by atoms with E-state index >= 15 is 0 Å². The summed E-state index contributed by atoms with van der Waals surface area (Å²) in [6.45, 7) is 0. The van der Waals surface area contributed by atoms with Gasteiger partial charge in [0.1, 0.15) is 0 Å². The van der Waals surface area contributed by atoms with Crippen molar-refractivity contribution in [3.63, 3.8) is 0 Å². The first kappa shape index (κ1) is 19.0. The molecule has 0 unspecified atom stereocenters. The normalized spacial score (nSPS) is 11.3. The van der Waals surface area contributed by atoms with E-state index in [2.05, 4.69) is 0 Å². The average Bonchev–Trinajstić information content (AvgIpc) is 2.76. The summed E-state index contributed by atoms with van der Waals surface area (Å²) in [5, 5.41) is 0. The topological polar surface area (TPSA) is 36.9 Å². The Morgan fingerprint density at radius 1 is 0.310 bits per heavy atom.